The molecule has 6 N–H and O–H groups in total. The van der Waals surface area contributed by atoms with E-state index in [1.54, 1.807) is 49.5 Å². The predicted octanol–water partition coefficient (Wildman–Crippen LogP) is 2.14. The predicted molar refractivity (Wildman–Crippen MR) is 107 cm³/mol. The molecule has 0 atom stereocenters. The number of benzene rings is 2. The molecule has 29 heavy (non-hydrogen) atoms. The molecule has 2 heterocycles. The summed E-state index contributed by atoms with van der Waals surface area (Å²) in [5, 5.41) is 9.69. The first-order valence-electron chi connectivity index (χ1n) is 8.63. The zero-order valence-electron chi connectivity index (χ0n) is 15.4. The monoisotopic (exact) mass is 394 g/mol. The van der Waals surface area contributed by atoms with Crippen LogP contribution in [-0.4, -0.2) is 28.5 Å². The van der Waals surface area contributed by atoms with Gasteiger partial charge in [0.15, 0.2) is 11.5 Å². The van der Waals surface area contributed by atoms with Gasteiger partial charge in [-0.25, -0.2) is 4.79 Å². The highest BCUT2D eigenvalue weighted by atomic mass is 16.7. The van der Waals surface area contributed by atoms with E-state index in [1.165, 1.54) is 4.68 Å². The van der Waals surface area contributed by atoms with Crippen LogP contribution in [0, 0.1) is 0 Å². The number of rotatable bonds is 4. The van der Waals surface area contributed by atoms with E-state index in [2.05, 4.69) is 15.7 Å². The van der Waals surface area contributed by atoms with Gasteiger partial charge in [-0.15, -0.1) is 0 Å². The highest BCUT2D eigenvalue weighted by Crippen LogP contribution is 2.34. The summed E-state index contributed by atoms with van der Waals surface area (Å²) in [5.74, 6) is 0.748. The van der Waals surface area contributed by atoms with Gasteiger partial charge in [-0.05, 0) is 24.3 Å². The topological polar surface area (TPSA) is 147 Å². The van der Waals surface area contributed by atoms with Crippen LogP contribution in [0.4, 0.5) is 22.0 Å². The van der Waals surface area contributed by atoms with Crippen molar-refractivity contribution in [2.24, 2.45) is 12.8 Å². The second-order valence-corrected chi connectivity index (χ2v) is 6.32. The van der Waals surface area contributed by atoms with Crippen LogP contribution in [0.5, 0.6) is 11.5 Å². The van der Waals surface area contributed by atoms with Crippen LogP contribution in [0.1, 0.15) is 10.4 Å². The molecule has 0 saturated carbocycles. The average Bonchev–Trinajstić information content (AvgIpc) is 3.26. The van der Waals surface area contributed by atoms with Crippen LogP contribution in [0.15, 0.2) is 42.5 Å². The number of nitrogens with two attached hydrogens (primary N) is 2. The average molecular weight is 394 g/mol. The number of anilines is 3. The van der Waals surface area contributed by atoms with Gasteiger partial charge in [0.2, 0.25) is 6.79 Å². The minimum Gasteiger partial charge on any atom is -0.454 e. The molecule has 0 radical (unpaired) electrons. The van der Waals surface area contributed by atoms with Gasteiger partial charge in [-0.1, -0.05) is 12.1 Å². The summed E-state index contributed by atoms with van der Waals surface area (Å²) in [5.41, 5.74) is 13.6. The third-order valence-electron chi connectivity index (χ3n) is 4.38. The van der Waals surface area contributed by atoms with E-state index in [0.29, 0.717) is 34.1 Å². The molecule has 3 aromatic rings. The van der Waals surface area contributed by atoms with Crippen LogP contribution in [-0.2, 0) is 7.05 Å². The number of primary amides is 1. The summed E-state index contributed by atoms with van der Waals surface area (Å²) in [6, 6.07) is 11.5. The number of carbonyl (C=O) groups is 2. The lowest BCUT2D eigenvalue weighted by Crippen LogP contribution is -2.19. The fraction of sp³-hybridized carbons (Fsp3) is 0.105. The number of nitrogens with zero attached hydrogens (tertiary/aromatic N) is 2. The van der Waals surface area contributed by atoms with Gasteiger partial charge in [0.05, 0.1) is 0 Å². The summed E-state index contributed by atoms with van der Waals surface area (Å²) in [7, 11) is 1.63. The Kier molecular flexibility index (Phi) is 4.43. The molecule has 0 aliphatic carbocycles. The van der Waals surface area contributed by atoms with E-state index in [9.17, 15) is 9.59 Å². The SMILES string of the molecule is Cn1nc(-c2ccc(NC(=O)Nc3ccc4c(c3)OCO4)cc2)c(C(N)=O)c1N. The van der Waals surface area contributed by atoms with Gasteiger partial charge >= 0.3 is 6.03 Å². The van der Waals surface area contributed by atoms with Gasteiger partial charge < -0.3 is 31.6 Å². The summed E-state index contributed by atoms with van der Waals surface area (Å²) in [4.78, 5) is 23.9. The number of aromatic nitrogens is 2. The maximum atomic E-state index is 12.2. The van der Waals surface area contributed by atoms with Crippen molar-refractivity contribution in [3.05, 3.63) is 48.0 Å². The molecule has 3 amide bonds. The van der Waals surface area contributed by atoms with Crippen molar-refractivity contribution in [2.75, 3.05) is 23.2 Å². The number of carbonyl (C=O) groups excluding carboxylic acids is 2. The first-order valence-corrected chi connectivity index (χ1v) is 8.63. The Morgan fingerprint density at radius 2 is 1.69 bits per heavy atom. The molecule has 10 heteroatoms. The lowest BCUT2D eigenvalue weighted by molar-refractivity contribution is 0.100. The van der Waals surface area contributed by atoms with Crippen molar-refractivity contribution in [3.8, 4) is 22.8 Å². The van der Waals surface area contributed by atoms with Gasteiger partial charge in [0.25, 0.3) is 5.91 Å². The fourth-order valence-corrected chi connectivity index (χ4v) is 2.96. The van der Waals surface area contributed by atoms with Crippen LogP contribution in [0.25, 0.3) is 11.3 Å². The number of hydrogen-bond acceptors (Lipinski definition) is 6. The molecule has 2 aromatic carbocycles. The van der Waals surface area contributed by atoms with Crippen molar-refractivity contribution in [1.29, 1.82) is 0 Å². The molecular weight excluding hydrogens is 376 g/mol. The van der Waals surface area contributed by atoms with Crippen LogP contribution in [0.2, 0.25) is 0 Å². The number of ether oxygens (including phenoxy) is 2. The number of aryl methyl sites for hydroxylation is 1. The van der Waals surface area contributed by atoms with E-state index < -0.39 is 11.9 Å². The third-order valence-corrected chi connectivity index (χ3v) is 4.38. The summed E-state index contributed by atoms with van der Waals surface area (Å²) < 4.78 is 11.9. The minimum atomic E-state index is -0.657. The van der Waals surface area contributed by atoms with Crippen LogP contribution in [0.3, 0.4) is 0 Å². The Morgan fingerprint density at radius 3 is 2.41 bits per heavy atom. The number of urea groups is 1. The molecular formula is C19H18N6O4. The Labute approximate surface area is 165 Å². The van der Waals surface area contributed by atoms with E-state index >= 15 is 0 Å². The van der Waals surface area contributed by atoms with Crippen molar-refractivity contribution < 1.29 is 19.1 Å². The highest BCUT2D eigenvalue weighted by molar-refractivity contribution is 6.03. The lowest BCUT2D eigenvalue weighted by atomic mass is 10.1. The molecule has 0 spiro atoms. The molecule has 1 aromatic heterocycles. The Bertz CT molecular complexity index is 1110. The standard InChI is InChI=1S/C19H18N6O4/c1-25-17(20)15(18(21)26)16(24-25)10-2-4-11(5-3-10)22-19(27)23-12-6-7-13-14(8-12)29-9-28-13/h2-8H,9,20H2,1H3,(H2,21,26)(H2,22,23,27). The highest BCUT2D eigenvalue weighted by Gasteiger charge is 2.20. The summed E-state index contributed by atoms with van der Waals surface area (Å²) in [6.07, 6.45) is 0. The minimum absolute atomic E-state index is 0.161. The first kappa shape index (κ1) is 18.2. The molecule has 0 saturated heterocycles. The largest absolute Gasteiger partial charge is 0.454 e. The summed E-state index contributed by atoms with van der Waals surface area (Å²) >= 11 is 0. The molecule has 1 aliphatic heterocycles. The normalized spacial score (nSPS) is 11.9. The van der Waals surface area contributed by atoms with E-state index in [0.717, 1.165) is 0 Å². The second-order valence-electron chi connectivity index (χ2n) is 6.32. The molecule has 10 nitrogen and oxygen atoms in total. The molecule has 0 bridgehead atoms. The van der Waals surface area contributed by atoms with E-state index in [1.807, 2.05) is 0 Å². The third kappa shape index (κ3) is 3.50. The Morgan fingerprint density at radius 1 is 1.03 bits per heavy atom. The fourth-order valence-electron chi connectivity index (χ4n) is 2.96. The quantitative estimate of drug-likeness (QED) is 0.533. The van der Waals surface area contributed by atoms with Gasteiger partial charge in [-0.2, -0.15) is 5.10 Å². The maximum absolute atomic E-state index is 12.2. The Hall–Kier alpha value is -4.21. The number of fused-ring (bicyclic) bond motifs is 1. The zero-order valence-corrected chi connectivity index (χ0v) is 15.4. The Balaban J connectivity index is 1.47. The second kappa shape index (κ2) is 7.08. The van der Waals surface area contributed by atoms with Gasteiger partial charge in [0.1, 0.15) is 17.1 Å². The lowest BCUT2D eigenvalue weighted by Gasteiger charge is -2.09. The van der Waals surface area contributed by atoms with Crippen molar-refractivity contribution >= 4 is 29.1 Å². The van der Waals surface area contributed by atoms with E-state index in [4.69, 9.17) is 20.9 Å². The number of nitrogens with one attached hydrogen (secondary N) is 2. The molecule has 0 unspecified atom stereocenters. The molecule has 4 rings (SSSR count). The van der Waals surface area contributed by atoms with Crippen LogP contribution >= 0.6 is 0 Å². The van der Waals surface area contributed by atoms with Crippen LogP contribution < -0.4 is 31.6 Å². The molecule has 0 fully saturated rings. The van der Waals surface area contributed by atoms with Crippen molar-refractivity contribution in [2.45, 2.75) is 0 Å². The van der Waals surface area contributed by atoms with E-state index in [-0.39, 0.29) is 18.2 Å². The maximum Gasteiger partial charge on any atom is 0.323 e. The van der Waals surface area contributed by atoms with Crippen molar-refractivity contribution in [3.63, 3.8) is 0 Å². The number of nitrogen functional groups attached to an aromatic ring is 1. The zero-order chi connectivity index (χ0) is 20.5. The number of hydrogen-bond donors (Lipinski definition) is 4. The van der Waals surface area contributed by atoms with Gasteiger partial charge in [0, 0.05) is 30.1 Å². The smallest absolute Gasteiger partial charge is 0.323 e. The molecule has 148 valence electrons. The first-order chi connectivity index (χ1) is 13.9. The van der Waals surface area contributed by atoms with Gasteiger partial charge in [-0.3, -0.25) is 9.48 Å². The summed E-state index contributed by atoms with van der Waals surface area (Å²) in [6.45, 7) is 0.163. The molecule has 1 aliphatic rings. The number of amides is 3. The van der Waals surface area contributed by atoms with Crippen molar-refractivity contribution in [1.82, 2.24) is 9.78 Å².